The van der Waals surface area contributed by atoms with Crippen molar-refractivity contribution in [2.45, 2.75) is 26.7 Å². The Morgan fingerprint density at radius 2 is 1.86 bits per heavy atom. The molecule has 0 aliphatic heterocycles. The first-order chi connectivity index (χ1) is 10.1. The molecule has 0 atom stereocenters. The number of nitrogen functional groups attached to an aromatic ring is 1. The fourth-order valence-electron chi connectivity index (χ4n) is 2.28. The van der Waals surface area contributed by atoms with Crippen LogP contribution >= 0.6 is 0 Å². The molecule has 110 valence electrons. The number of para-hydroxylation sites is 1. The van der Waals surface area contributed by atoms with Crippen molar-refractivity contribution in [3.8, 4) is 0 Å². The van der Waals surface area contributed by atoms with Crippen LogP contribution in [0.5, 0.6) is 0 Å². The second kappa shape index (κ2) is 6.26. The van der Waals surface area contributed by atoms with Gasteiger partial charge >= 0.3 is 5.97 Å². The first-order valence-electron chi connectivity index (χ1n) is 6.94. The summed E-state index contributed by atoms with van der Waals surface area (Å²) < 4.78 is 0. The zero-order valence-electron chi connectivity index (χ0n) is 12.2. The van der Waals surface area contributed by atoms with Crippen LogP contribution in [0.25, 0.3) is 0 Å². The van der Waals surface area contributed by atoms with E-state index in [1.54, 1.807) is 0 Å². The van der Waals surface area contributed by atoms with Crippen molar-refractivity contribution in [1.29, 1.82) is 0 Å². The van der Waals surface area contributed by atoms with Crippen molar-refractivity contribution in [2.75, 3.05) is 11.1 Å². The Morgan fingerprint density at radius 3 is 2.38 bits per heavy atom. The molecule has 0 aliphatic carbocycles. The summed E-state index contributed by atoms with van der Waals surface area (Å²) in [5.74, 6) is -0.678. The van der Waals surface area contributed by atoms with E-state index in [2.05, 4.69) is 24.1 Å². The standard InChI is InChI=1S/C16H19N3O2/c1-3-10-6-5-7-11(4-2)14(10)19-15-13(17)12(16(20)21)8-9-18-15/h5-9H,3-4,17H2,1-2H3,(H,18,19)(H,20,21). The average Bonchev–Trinajstić information content (AvgIpc) is 2.49. The SMILES string of the molecule is CCc1cccc(CC)c1Nc1nccc(C(=O)O)c1N. The van der Waals surface area contributed by atoms with E-state index in [0.29, 0.717) is 5.82 Å². The van der Waals surface area contributed by atoms with Gasteiger partial charge in [-0.15, -0.1) is 0 Å². The molecule has 0 bridgehead atoms. The van der Waals surface area contributed by atoms with Crippen molar-refractivity contribution in [1.82, 2.24) is 4.98 Å². The Hall–Kier alpha value is -2.56. The fourth-order valence-corrected chi connectivity index (χ4v) is 2.28. The van der Waals surface area contributed by atoms with Gasteiger partial charge in [0, 0.05) is 11.9 Å². The highest BCUT2D eigenvalue weighted by molar-refractivity contribution is 5.96. The highest BCUT2D eigenvalue weighted by atomic mass is 16.4. The van der Waals surface area contributed by atoms with Crippen LogP contribution in [0.3, 0.4) is 0 Å². The van der Waals surface area contributed by atoms with Crippen LogP contribution < -0.4 is 11.1 Å². The molecule has 5 nitrogen and oxygen atoms in total. The zero-order valence-corrected chi connectivity index (χ0v) is 12.2. The lowest BCUT2D eigenvalue weighted by molar-refractivity contribution is 0.0698. The van der Waals surface area contributed by atoms with Gasteiger partial charge in [0.05, 0.1) is 11.3 Å². The number of nitrogens with one attached hydrogen (secondary N) is 1. The van der Waals surface area contributed by atoms with Crippen molar-refractivity contribution < 1.29 is 9.90 Å². The maximum atomic E-state index is 11.1. The number of benzene rings is 1. The predicted octanol–water partition coefficient (Wildman–Crippen LogP) is 3.23. The van der Waals surface area contributed by atoms with Crippen LogP contribution in [-0.2, 0) is 12.8 Å². The second-order valence-electron chi connectivity index (χ2n) is 4.71. The summed E-state index contributed by atoms with van der Waals surface area (Å²) >= 11 is 0. The minimum atomic E-state index is -1.06. The summed E-state index contributed by atoms with van der Waals surface area (Å²) in [6.07, 6.45) is 3.19. The molecule has 5 heteroatoms. The first kappa shape index (κ1) is 14.8. The maximum Gasteiger partial charge on any atom is 0.337 e. The zero-order chi connectivity index (χ0) is 15.4. The topological polar surface area (TPSA) is 88.2 Å². The lowest BCUT2D eigenvalue weighted by Gasteiger charge is -2.16. The number of aromatic nitrogens is 1. The van der Waals surface area contributed by atoms with Crippen LogP contribution in [0.15, 0.2) is 30.5 Å². The average molecular weight is 285 g/mol. The van der Waals surface area contributed by atoms with Gasteiger partial charge in [-0.1, -0.05) is 32.0 Å². The predicted molar refractivity (Wildman–Crippen MR) is 84.1 cm³/mol. The fraction of sp³-hybridized carbons (Fsp3) is 0.250. The lowest BCUT2D eigenvalue weighted by Crippen LogP contribution is -2.08. The summed E-state index contributed by atoms with van der Waals surface area (Å²) in [5.41, 5.74) is 9.38. The molecule has 21 heavy (non-hydrogen) atoms. The number of carboxylic acids is 1. The summed E-state index contributed by atoms with van der Waals surface area (Å²) in [5, 5.41) is 12.3. The van der Waals surface area contributed by atoms with E-state index in [1.807, 2.05) is 18.2 Å². The molecule has 0 unspecified atom stereocenters. The number of pyridine rings is 1. The summed E-state index contributed by atoms with van der Waals surface area (Å²) in [6.45, 7) is 4.15. The van der Waals surface area contributed by atoms with Crippen LogP contribution in [0.2, 0.25) is 0 Å². The molecule has 1 aromatic carbocycles. The number of carboxylic acid groups (broad SMARTS) is 1. The number of aromatic carboxylic acids is 1. The minimum Gasteiger partial charge on any atom is -0.478 e. The number of nitrogens with zero attached hydrogens (tertiary/aromatic N) is 1. The third-order valence-electron chi connectivity index (χ3n) is 3.46. The number of hydrogen-bond acceptors (Lipinski definition) is 4. The molecule has 1 heterocycles. The van der Waals surface area contributed by atoms with Gasteiger partial charge in [-0.3, -0.25) is 0 Å². The van der Waals surface area contributed by atoms with E-state index in [9.17, 15) is 4.79 Å². The van der Waals surface area contributed by atoms with Crippen molar-refractivity contribution in [2.24, 2.45) is 0 Å². The van der Waals surface area contributed by atoms with Gasteiger partial charge in [0.2, 0.25) is 0 Å². The van der Waals surface area contributed by atoms with E-state index in [4.69, 9.17) is 10.8 Å². The summed E-state index contributed by atoms with van der Waals surface area (Å²) in [7, 11) is 0. The van der Waals surface area contributed by atoms with E-state index in [0.717, 1.165) is 29.7 Å². The van der Waals surface area contributed by atoms with Gasteiger partial charge in [0.1, 0.15) is 0 Å². The molecular weight excluding hydrogens is 266 g/mol. The maximum absolute atomic E-state index is 11.1. The largest absolute Gasteiger partial charge is 0.478 e. The van der Waals surface area contributed by atoms with Gasteiger partial charge in [0.15, 0.2) is 5.82 Å². The quantitative estimate of drug-likeness (QED) is 0.785. The van der Waals surface area contributed by atoms with Crippen LogP contribution in [0, 0.1) is 0 Å². The molecule has 0 saturated carbocycles. The number of aryl methyl sites for hydroxylation is 2. The molecule has 0 radical (unpaired) electrons. The molecule has 4 N–H and O–H groups in total. The van der Waals surface area contributed by atoms with E-state index >= 15 is 0 Å². The van der Waals surface area contributed by atoms with Gasteiger partial charge in [-0.05, 0) is 30.0 Å². The molecule has 0 aliphatic rings. The Kier molecular flexibility index (Phi) is 4.42. The van der Waals surface area contributed by atoms with Crippen molar-refractivity contribution in [3.63, 3.8) is 0 Å². The third kappa shape index (κ3) is 2.97. The lowest BCUT2D eigenvalue weighted by atomic mass is 10.0. The van der Waals surface area contributed by atoms with E-state index < -0.39 is 5.97 Å². The monoisotopic (exact) mass is 285 g/mol. The highest BCUT2D eigenvalue weighted by Gasteiger charge is 2.14. The van der Waals surface area contributed by atoms with Gasteiger partial charge in [0.25, 0.3) is 0 Å². The second-order valence-corrected chi connectivity index (χ2v) is 4.71. The van der Waals surface area contributed by atoms with Crippen LogP contribution in [-0.4, -0.2) is 16.1 Å². The molecule has 0 spiro atoms. The van der Waals surface area contributed by atoms with Crippen molar-refractivity contribution in [3.05, 3.63) is 47.2 Å². The minimum absolute atomic E-state index is 0.0551. The Morgan fingerprint density at radius 1 is 1.24 bits per heavy atom. The van der Waals surface area contributed by atoms with Gasteiger partial charge in [-0.2, -0.15) is 0 Å². The molecule has 0 fully saturated rings. The first-order valence-corrected chi connectivity index (χ1v) is 6.94. The smallest absolute Gasteiger partial charge is 0.337 e. The number of hydrogen-bond donors (Lipinski definition) is 3. The molecule has 0 amide bonds. The van der Waals surface area contributed by atoms with Gasteiger partial charge < -0.3 is 16.2 Å². The molecule has 1 aromatic heterocycles. The number of nitrogens with two attached hydrogens (primary N) is 1. The Bertz CT molecular complexity index is 646. The molecular formula is C16H19N3O2. The Labute approximate surface area is 123 Å². The molecule has 2 aromatic rings. The molecule has 0 saturated heterocycles. The summed E-state index contributed by atoms with van der Waals surface area (Å²) in [6, 6.07) is 7.50. The van der Waals surface area contributed by atoms with Gasteiger partial charge in [-0.25, -0.2) is 9.78 Å². The van der Waals surface area contributed by atoms with Crippen LogP contribution in [0.4, 0.5) is 17.2 Å². The number of rotatable bonds is 5. The summed E-state index contributed by atoms with van der Waals surface area (Å²) in [4.78, 5) is 15.3. The number of anilines is 3. The van der Waals surface area contributed by atoms with E-state index in [1.165, 1.54) is 12.3 Å². The Balaban J connectivity index is 2.48. The number of carbonyl (C=O) groups is 1. The highest BCUT2D eigenvalue weighted by Crippen LogP contribution is 2.29. The van der Waals surface area contributed by atoms with Crippen LogP contribution in [0.1, 0.15) is 35.3 Å². The van der Waals surface area contributed by atoms with E-state index in [-0.39, 0.29) is 11.3 Å². The third-order valence-corrected chi connectivity index (χ3v) is 3.46. The normalized spacial score (nSPS) is 10.4. The van der Waals surface area contributed by atoms with Crippen molar-refractivity contribution >= 4 is 23.2 Å². The molecule has 2 rings (SSSR count).